The van der Waals surface area contributed by atoms with E-state index in [0.717, 1.165) is 45.7 Å². The minimum absolute atomic E-state index is 0.289. The largest absolute Gasteiger partial charge is 0.462 e. The Kier molecular flexibility index (Phi) is 9.81. The quantitative estimate of drug-likeness (QED) is 0.0730. The van der Waals surface area contributed by atoms with Gasteiger partial charge >= 0.3 is 5.97 Å². The maximum Gasteiger partial charge on any atom is 0.338 e. The van der Waals surface area contributed by atoms with E-state index < -0.39 is 0 Å². The molecule has 0 saturated carbocycles. The zero-order valence-electron chi connectivity index (χ0n) is 25.7. The topological polar surface area (TPSA) is 26.3 Å². The first-order valence-corrected chi connectivity index (χ1v) is 15.7. The van der Waals surface area contributed by atoms with Crippen LogP contribution in [-0.2, 0) is 4.74 Å². The summed E-state index contributed by atoms with van der Waals surface area (Å²) in [4.78, 5) is 12.7. The zero-order chi connectivity index (χ0) is 30.2. The third-order valence-corrected chi connectivity index (χ3v) is 8.34. The number of fused-ring (bicyclic) bond motifs is 5. The smallest absolute Gasteiger partial charge is 0.338 e. The molecule has 0 aliphatic carbocycles. The minimum atomic E-state index is -0.289. The van der Waals surface area contributed by atoms with Gasteiger partial charge in [-0.25, -0.2) is 4.79 Å². The second-order valence-corrected chi connectivity index (χ2v) is 11.5. The molecule has 0 radical (unpaired) electrons. The lowest BCUT2D eigenvalue weighted by molar-refractivity contribution is 0.0497. The molecule has 0 spiro atoms. The minimum Gasteiger partial charge on any atom is -0.462 e. The first-order valence-electron chi connectivity index (χ1n) is 15.7. The Morgan fingerprint density at radius 3 is 1.98 bits per heavy atom. The molecule has 2 nitrogen and oxygen atoms in total. The van der Waals surface area contributed by atoms with Gasteiger partial charge in [-0.3, -0.25) is 0 Å². The molecule has 0 saturated heterocycles. The van der Waals surface area contributed by atoms with Crippen molar-refractivity contribution in [3.8, 4) is 24.2 Å². The fourth-order valence-corrected chi connectivity index (χ4v) is 6.08. The van der Waals surface area contributed by atoms with E-state index in [0.29, 0.717) is 12.2 Å². The maximum atomic E-state index is 12.7. The molecule has 5 aromatic carbocycles. The van der Waals surface area contributed by atoms with Crippen LogP contribution in [0.2, 0.25) is 0 Å². The fraction of sp³-hybridized carbons (Fsp3) is 0.293. The lowest BCUT2D eigenvalue weighted by Crippen LogP contribution is -2.06. The summed E-state index contributed by atoms with van der Waals surface area (Å²) in [6.45, 7) is 7.00. The first-order chi connectivity index (χ1) is 21.0. The standard InChI is InChI=1S/C41H40O2/c1-5-7-8-9-10-11-12-13-25-43-41(42)34-20-16-19-31(26-34)23-24-33-28-35-27-32(6-2)36-21-14-17-29(3)38(36)40(35)39-30(4)18-15-22-37(33)39/h2,14-22,26-28H,5,7-13,25H2,1,3-4H3. The van der Waals surface area contributed by atoms with Crippen molar-refractivity contribution in [2.75, 3.05) is 6.61 Å². The van der Waals surface area contributed by atoms with Crippen LogP contribution >= 0.6 is 0 Å². The number of rotatable bonds is 10. The van der Waals surface area contributed by atoms with E-state index >= 15 is 0 Å². The van der Waals surface area contributed by atoms with Crippen LogP contribution in [0.5, 0.6) is 0 Å². The molecule has 0 N–H and O–H groups in total. The van der Waals surface area contributed by atoms with Gasteiger partial charge in [0, 0.05) is 16.7 Å². The van der Waals surface area contributed by atoms with E-state index in [1.54, 1.807) is 6.07 Å². The number of hydrogen-bond acceptors (Lipinski definition) is 2. The maximum absolute atomic E-state index is 12.7. The number of benzene rings is 5. The molecule has 0 fully saturated rings. The van der Waals surface area contributed by atoms with Crippen LogP contribution in [0, 0.1) is 38.0 Å². The highest BCUT2D eigenvalue weighted by atomic mass is 16.5. The van der Waals surface area contributed by atoms with Crippen molar-refractivity contribution in [1.82, 2.24) is 0 Å². The van der Waals surface area contributed by atoms with Crippen molar-refractivity contribution >= 4 is 38.3 Å². The second-order valence-electron chi connectivity index (χ2n) is 11.5. The Balaban J connectivity index is 1.40. The van der Waals surface area contributed by atoms with Crippen LogP contribution in [0.15, 0.2) is 72.8 Å². The van der Waals surface area contributed by atoms with Gasteiger partial charge in [-0.2, -0.15) is 0 Å². The van der Waals surface area contributed by atoms with Gasteiger partial charge in [-0.15, -0.1) is 6.42 Å². The lowest BCUT2D eigenvalue weighted by atomic mass is 9.88. The molecular formula is C41H40O2. The van der Waals surface area contributed by atoms with Gasteiger partial charge in [0.15, 0.2) is 0 Å². The molecule has 0 unspecified atom stereocenters. The van der Waals surface area contributed by atoms with Crippen LogP contribution in [0.4, 0.5) is 0 Å². The number of aryl methyl sites for hydroxylation is 2. The molecule has 0 heterocycles. The molecule has 0 amide bonds. The molecule has 0 bridgehead atoms. The normalized spacial score (nSPS) is 10.9. The van der Waals surface area contributed by atoms with Crippen molar-refractivity contribution in [2.24, 2.45) is 0 Å². The first kappa shape index (κ1) is 29.9. The van der Waals surface area contributed by atoms with Crippen molar-refractivity contribution in [3.63, 3.8) is 0 Å². The summed E-state index contributed by atoms with van der Waals surface area (Å²) in [5.74, 6) is 9.35. The van der Waals surface area contributed by atoms with Crippen LogP contribution in [0.25, 0.3) is 32.3 Å². The van der Waals surface area contributed by atoms with Gasteiger partial charge in [0.1, 0.15) is 0 Å². The van der Waals surface area contributed by atoms with Crippen molar-refractivity contribution in [2.45, 2.75) is 72.1 Å². The highest BCUT2D eigenvalue weighted by Crippen LogP contribution is 2.38. The third kappa shape index (κ3) is 6.77. The Labute approximate surface area is 256 Å². The molecule has 216 valence electrons. The highest BCUT2D eigenvalue weighted by Gasteiger charge is 2.14. The Morgan fingerprint density at radius 1 is 0.698 bits per heavy atom. The molecule has 0 aliphatic heterocycles. The predicted octanol–water partition coefficient (Wildman–Crippen LogP) is 10.4. The zero-order valence-corrected chi connectivity index (χ0v) is 25.7. The predicted molar refractivity (Wildman–Crippen MR) is 182 cm³/mol. The molecule has 5 aromatic rings. The van der Waals surface area contributed by atoms with Crippen LogP contribution < -0.4 is 0 Å². The summed E-state index contributed by atoms with van der Waals surface area (Å²) in [5, 5.41) is 6.91. The summed E-state index contributed by atoms with van der Waals surface area (Å²) in [5.41, 5.74) is 5.53. The van der Waals surface area contributed by atoms with E-state index in [-0.39, 0.29) is 5.97 Å². The number of carbonyl (C=O) groups excluding carboxylic acids is 1. The number of esters is 1. The summed E-state index contributed by atoms with van der Waals surface area (Å²) in [6, 6.07) is 24.4. The van der Waals surface area contributed by atoms with Gasteiger partial charge < -0.3 is 4.74 Å². The molecule has 2 heteroatoms. The molecule has 43 heavy (non-hydrogen) atoms. The van der Waals surface area contributed by atoms with Crippen LogP contribution in [0.3, 0.4) is 0 Å². The van der Waals surface area contributed by atoms with Crippen LogP contribution in [-0.4, -0.2) is 12.6 Å². The van der Waals surface area contributed by atoms with Crippen LogP contribution in [0.1, 0.15) is 96.5 Å². The monoisotopic (exact) mass is 564 g/mol. The second kappa shape index (κ2) is 14.1. The summed E-state index contributed by atoms with van der Waals surface area (Å²) in [6.07, 6.45) is 15.7. The summed E-state index contributed by atoms with van der Waals surface area (Å²) in [7, 11) is 0. The van der Waals surface area contributed by atoms with E-state index in [1.807, 2.05) is 18.2 Å². The number of terminal acetylenes is 1. The molecule has 0 aromatic heterocycles. The van der Waals surface area contributed by atoms with Crippen molar-refractivity contribution < 1.29 is 9.53 Å². The molecular weight excluding hydrogens is 524 g/mol. The van der Waals surface area contributed by atoms with Gasteiger partial charge in [-0.1, -0.05) is 112 Å². The molecule has 0 aliphatic rings. The number of ether oxygens (including phenoxy) is 1. The van der Waals surface area contributed by atoms with Gasteiger partial charge in [0.05, 0.1) is 12.2 Å². The van der Waals surface area contributed by atoms with E-state index in [9.17, 15) is 4.79 Å². The third-order valence-electron chi connectivity index (χ3n) is 8.34. The van der Waals surface area contributed by atoms with Gasteiger partial charge in [0.2, 0.25) is 0 Å². The summed E-state index contributed by atoms with van der Waals surface area (Å²) < 4.78 is 5.57. The fourth-order valence-electron chi connectivity index (χ4n) is 6.08. The highest BCUT2D eigenvalue weighted by molar-refractivity contribution is 6.24. The Bertz CT molecular complexity index is 1890. The van der Waals surface area contributed by atoms with E-state index in [2.05, 4.69) is 87.1 Å². The Morgan fingerprint density at radius 2 is 1.30 bits per heavy atom. The number of unbranched alkanes of at least 4 members (excludes halogenated alkanes) is 7. The van der Waals surface area contributed by atoms with E-state index in [1.165, 1.54) is 65.8 Å². The molecule has 0 atom stereocenters. The summed E-state index contributed by atoms with van der Waals surface area (Å²) >= 11 is 0. The number of carbonyl (C=O) groups is 1. The van der Waals surface area contributed by atoms with Gasteiger partial charge in [-0.05, 0) is 94.0 Å². The van der Waals surface area contributed by atoms with Crippen molar-refractivity contribution in [3.05, 3.63) is 106 Å². The average molecular weight is 565 g/mol. The van der Waals surface area contributed by atoms with Crippen molar-refractivity contribution in [1.29, 1.82) is 0 Å². The number of hydrogen-bond donors (Lipinski definition) is 0. The van der Waals surface area contributed by atoms with Gasteiger partial charge in [0.25, 0.3) is 0 Å². The lowest BCUT2D eigenvalue weighted by Gasteiger charge is -2.15. The average Bonchev–Trinajstić information content (AvgIpc) is 3.02. The SMILES string of the molecule is C#Cc1cc2cc(C#Cc3cccc(C(=O)OCCCCCCCCCC)c3)c3cccc(C)c3c2c2c(C)cccc12. The molecule has 5 rings (SSSR count). The van der Waals surface area contributed by atoms with E-state index in [4.69, 9.17) is 11.2 Å². The Hall–Kier alpha value is -4.53.